The fourth-order valence-electron chi connectivity index (χ4n) is 1.10. The number of rotatable bonds is 1. The fourth-order valence-corrected chi connectivity index (χ4v) is 1.10. The Morgan fingerprint density at radius 2 is 2.42 bits per heavy atom. The highest BCUT2D eigenvalue weighted by molar-refractivity contribution is 5.81. The van der Waals surface area contributed by atoms with Crippen LogP contribution in [0.1, 0.15) is 16.2 Å². The highest BCUT2D eigenvalue weighted by Gasteiger charge is 2.00. The number of aromatic amines is 1. The van der Waals surface area contributed by atoms with E-state index in [1.54, 1.807) is 6.07 Å². The van der Waals surface area contributed by atoms with Gasteiger partial charge in [0.05, 0.1) is 5.52 Å². The molecule has 0 atom stereocenters. The van der Waals surface area contributed by atoms with Gasteiger partial charge in [0.1, 0.15) is 5.82 Å². The minimum atomic E-state index is 0.561. The zero-order chi connectivity index (χ0) is 8.55. The number of nitrogens with one attached hydrogen (secondary N) is 1. The number of hydrogen-bond acceptors (Lipinski definition) is 3. The third kappa shape index (κ3) is 0.972. The number of carbonyl (C=O) groups is 1. The zero-order valence-electron chi connectivity index (χ0n) is 6.53. The number of imidazole rings is 1. The molecule has 4 heteroatoms. The smallest absolute Gasteiger partial charge is 0.177 e. The summed E-state index contributed by atoms with van der Waals surface area (Å²) in [6.45, 7) is 1.85. The highest BCUT2D eigenvalue weighted by atomic mass is 16.1. The summed E-state index contributed by atoms with van der Waals surface area (Å²) in [6.07, 6.45) is 2.28. The van der Waals surface area contributed by atoms with Gasteiger partial charge in [0.25, 0.3) is 0 Å². The van der Waals surface area contributed by atoms with E-state index in [0.29, 0.717) is 11.2 Å². The lowest BCUT2D eigenvalue weighted by atomic mass is 10.3. The molecular formula is C8H7N3O. The molecule has 0 bridgehead atoms. The van der Waals surface area contributed by atoms with Gasteiger partial charge in [-0.3, -0.25) is 4.79 Å². The SMILES string of the molecule is Cc1nc2ncc(C=O)cc2[nH]1. The van der Waals surface area contributed by atoms with Gasteiger partial charge < -0.3 is 4.98 Å². The van der Waals surface area contributed by atoms with Crippen LogP contribution in [0.15, 0.2) is 12.3 Å². The summed E-state index contributed by atoms with van der Waals surface area (Å²) >= 11 is 0. The van der Waals surface area contributed by atoms with Crippen molar-refractivity contribution in [2.24, 2.45) is 0 Å². The Kier molecular flexibility index (Phi) is 1.40. The molecule has 0 aromatic carbocycles. The topological polar surface area (TPSA) is 58.6 Å². The third-order valence-corrected chi connectivity index (χ3v) is 1.61. The predicted molar refractivity (Wildman–Crippen MR) is 44.0 cm³/mol. The number of aryl methyl sites for hydroxylation is 1. The summed E-state index contributed by atoms with van der Waals surface area (Å²) in [5.74, 6) is 0.806. The number of nitrogens with zero attached hydrogens (tertiary/aromatic N) is 2. The molecule has 4 nitrogen and oxygen atoms in total. The first-order valence-corrected chi connectivity index (χ1v) is 3.57. The van der Waals surface area contributed by atoms with Crippen molar-refractivity contribution in [2.45, 2.75) is 6.92 Å². The van der Waals surface area contributed by atoms with Gasteiger partial charge in [-0.15, -0.1) is 0 Å². The zero-order valence-corrected chi connectivity index (χ0v) is 6.53. The number of aromatic nitrogens is 3. The molecule has 0 radical (unpaired) electrons. The van der Waals surface area contributed by atoms with Crippen molar-refractivity contribution in [2.75, 3.05) is 0 Å². The summed E-state index contributed by atoms with van der Waals surface area (Å²) in [5.41, 5.74) is 2.02. The molecule has 2 rings (SSSR count). The number of fused-ring (bicyclic) bond motifs is 1. The van der Waals surface area contributed by atoms with E-state index in [1.807, 2.05) is 6.92 Å². The minimum Gasteiger partial charge on any atom is -0.341 e. The molecule has 2 aromatic rings. The van der Waals surface area contributed by atoms with Crippen molar-refractivity contribution in [3.63, 3.8) is 0 Å². The highest BCUT2D eigenvalue weighted by Crippen LogP contribution is 2.08. The van der Waals surface area contributed by atoms with Gasteiger partial charge in [0.15, 0.2) is 11.9 Å². The van der Waals surface area contributed by atoms with Crippen LogP contribution in [0.25, 0.3) is 11.2 Å². The van der Waals surface area contributed by atoms with Crippen molar-refractivity contribution < 1.29 is 4.79 Å². The Labute approximate surface area is 68.7 Å². The summed E-state index contributed by atoms with van der Waals surface area (Å²) in [4.78, 5) is 21.5. The molecule has 0 unspecified atom stereocenters. The molecule has 0 amide bonds. The van der Waals surface area contributed by atoms with E-state index >= 15 is 0 Å². The molecule has 60 valence electrons. The van der Waals surface area contributed by atoms with Gasteiger partial charge in [-0.05, 0) is 13.0 Å². The Bertz CT molecular complexity index is 433. The molecular weight excluding hydrogens is 154 g/mol. The minimum absolute atomic E-state index is 0.561. The molecule has 0 saturated carbocycles. The van der Waals surface area contributed by atoms with Crippen molar-refractivity contribution in [3.8, 4) is 0 Å². The number of aldehydes is 1. The predicted octanol–water partition coefficient (Wildman–Crippen LogP) is 1.08. The second-order valence-electron chi connectivity index (χ2n) is 2.58. The normalized spacial score (nSPS) is 10.4. The van der Waals surface area contributed by atoms with Crippen molar-refractivity contribution in [3.05, 3.63) is 23.7 Å². The Morgan fingerprint density at radius 3 is 3.17 bits per heavy atom. The van der Waals surface area contributed by atoms with Gasteiger partial charge in [-0.1, -0.05) is 0 Å². The maximum Gasteiger partial charge on any atom is 0.177 e. The van der Waals surface area contributed by atoms with E-state index in [4.69, 9.17) is 0 Å². The van der Waals surface area contributed by atoms with E-state index in [9.17, 15) is 4.79 Å². The second-order valence-corrected chi connectivity index (χ2v) is 2.58. The molecule has 0 spiro atoms. The largest absolute Gasteiger partial charge is 0.341 e. The molecule has 0 aliphatic rings. The first-order valence-electron chi connectivity index (χ1n) is 3.57. The van der Waals surface area contributed by atoms with Crippen LogP contribution in [0, 0.1) is 6.92 Å². The van der Waals surface area contributed by atoms with Crippen LogP contribution in [0.2, 0.25) is 0 Å². The van der Waals surface area contributed by atoms with Gasteiger partial charge in [0, 0.05) is 11.8 Å². The van der Waals surface area contributed by atoms with Gasteiger partial charge in [0.2, 0.25) is 0 Å². The molecule has 12 heavy (non-hydrogen) atoms. The monoisotopic (exact) mass is 161 g/mol. The van der Waals surface area contributed by atoms with Crippen molar-refractivity contribution in [1.82, 2.24) is 15.0 Å². The van der Waals surface area contributed by atoms with E-state index in [0.717, 1.165) is 17.6 Å². The Balaban J connectivity index is 2.74. The van der Waals surface area contributed by atoms with Crippen LogP contribution >= 0.6 is 0 Å². The quantitative estimate of drug-likeness (QED) is 0.636. The first kappa shape index (κ1) is 6.97. The number of pyridine rings is 1. The van der Waals surface area contributed by atoms with E-state index in [2.05, 4.69) is 15.0 Å². The van der Waals surface area contributed by atoms with E-state index < -0.39 is 0 Å². The van der Waals surface area contributed by atoms with Crippen LogP contribution in [0.4, 0.5) is 0 Å². The summed E-state index contributed by atoms with van der Waals surface area (Å²) in [5, 5.41) is 0. The van der Waals surface area contributed by atoms with E-state index in [-0.39, 0.29) is 0 Å². The van der Waals surface area contributed by atoms with Crippen molar-refractivity contribution in [1.29, 1.82) is 0 Å². The van der Waals surface area contributed by atoms with Gasteiger partial charge >= 0.3 is 0 Å². The number of H-pyrrole nitrogens is 1. The molecule has 2 heterocycles. The summed E-state index contributed by atoms with van der Waals surface area (Å²) in [6, 6.07) is 1.73. The average molecular weight is 161 g/mol. The molecule has 1 N–H and O–H groups in total. The van der Waals surface area contributed by atoms with Crippen LogP contribution < -0.4 is 0 Å². The van der Waals surface area contributed by atoms with Crippen molar-refractivity contribution >= 4 is 17.5 Å². The van der Waals surface area contributed by atoms with Crippen LogP contribution in [0.5, 0.6) is 0 Å². The second kappa shape index (κ2) is 2.41. The molecule has 0 saturated heterocycles. The van der Waals surface area contributed by atoms with E-state index in [1.165, 1.54) is 6.20 Å². The Hall–Kier alpha value is -1.71. The van der Waals surface area contributed by atoms with Gasteiger partial charge in [-0.25, -0.2) is 9.97 Å². The average Bonchev–Trinajstić information content (AvgIpc) is 2.43. The van der Waals surface area contributed by atoms with Crippen LogP contribution in [0.3, 0.4) is 0 Å². The Morgan fingerprint density at radius 1 is 1.58 bits per heavy atom. The lowest BCUT2D eigenvalue weighted by Crippen LogP contribution is -1.82. The molecule has 0 aliphatic heterocycles. The van der Waals surface area contributed by atoms with Crippen LogP contribution in [-0.2, 0) is 0 Å². The molecule has 0 aliphatic carbocycles. The molecule has 2 aromatic heterocycles. The van der Waals surface area contributed by atoms with Crippen LogP contribution in [-0.4, -0.2) is 21.2 Å². The maximum absolute atomic E-state index is 10.4. The maximum atomic E-state index is 10.4. The lowest BCUT2D eigenvalue weighted by molar-refractivity contribution is 0.112. The first-order chi connectivity index (χ1) is 5.79. The number of hydrogen-bond donors (Lipinski definition) is 1. The molecule has 0 fully saturated rings. The lowest BCUT2D eigenvalue weighted by Gasteiger charge is -1.87. The number of carbonyl (C=O) groups excluding carboxylic acids is 1. The fraction of sp³-hybridized carbons (Fsp3) is 0.125. The summed E-state index contributed by atoms with van der Waals surface area (Å²) < 4.78 is 0. The summed E-state index contributed by atoms with van der Waals surface area (Å²) in [7, 11) is 0. The third-order valence-electron chi connectivity index (χ3n) is 1.61. The standard InChI is InChI=1S/C8H7N3O/c1-5-10-7-2-6(4-12)3-9-8(7)11-5/h2-4H,1H3,(H,9,10,11). The van der Waals surface area contributed by atoms with Gasteiger partial charge in [-0.2, -0.15) is 0 Å².